The van der Waals surface area contributed by atoms with E-state index in [-0.39, 0.29) is 11.6 Å². The molecule has 1 unspecified atom stereocenters. The Morgan fingerprint density at radius 2 is 1.76 bits per heavy atom. The summed E-state index contributed by atoms with van der Waals surface area (Å²) in [7, 11) is 0. The Balaban J connectivity index is 2.43. The first-order valence-electron chi connectivity index (χ1n) is 7.58. The maximum Gasteiger partial charge on any atom is 0.0827 e. The van der Waals surface area contributed by atoms with E-state index in [9.17, 15) is 0 Å². The Bertz CT molecular complexity index is 195. The summed E-state index contributed by atoms with van der Waals surface area (Å²) in [5, 5.41) is 0. The van der Waals surface area contributed by atoms with Crippen LogP contribution in [-0.2, 0) is 4.74 Å². The predicted octanol–water partition coefficient (Wildman–Crippen LogP) is 3.88. The van der Waals surface area contributed by atoms with Crippen LogP contribution in [0.5, 0.6) is 0 Å². The van der Waals surface area contributed by atoms with Crippen molar-refractivity contribution >= 4 is 0 Å². The molecule has 2 nitrogen and oxygen atoms in total. The van der Waals surface area contributed by atoms with E-state index in [1.165, 1.54) is 32.1 Å². The molecule has 0 aromatic rings. The third-order valence-electron chi connectivity index (χ3n) is 4.67. The van der Waals surface area contributed by atoms with Gasteiger partial charge >= 0.3 is 0 Å². The van der Waals surface area contributed by atoms with Gasteiger partial charge in [0.15, 0.2) is 0 Å². The average Bonchev–Trinajstić information content (AvgIpc) is 2.86. The Morgan fingerprint density at radius 3 is 2.24 bits per heavy atom. The molecular formula is C15H31NO. The number of rotatable bonds is 8. The third-order valence-corrected chi connectivity index (χ3v) is 4.67. The van der Waals surface area contributed by atoms with Gasteiger partial charge in [0, 0.05) is 12.6 Å². The number of ether oxygens (including phenoxy) is 1. The fourth-order valence-electron chi connectivity index (χ4n) is 3.35. The highest BCUT2D eigenvalue weighted by Crippen LogP contribution is 2.32. The molecule has 102 valence electrons. The van der Waals surface area contributed by atoms with Crippen LogP contribution < -0.4 is 5.73 Å². The molecule has 1 aliphatic rings. The Labute approximate surface area is 107 Å². The van der Waals surface area contributed by atoms with Crippen molar-refractivity contribution in [3.8, 4) is 0 Å². The van der Waals surface area contributed by atoms with E-state index in [1.54, 1.807) is 0 Å². The van der Waals surface area contributed by atoms with Crippen LogP contribution in [0.25, 0.3) is 0 Å². The van der Waals surface area contributed by atoms with Gasteiger partial charge in [-0.25, -0.2) is 0 Å². The first kappa shape index (κ1) is 15.0. The van der Waals surface area contributed by atoms with E-state index in [4.69, 9.17) is 10.5 Å². The molecule has 0 saturated heterocycles. The van der Waals surface area contributed by atoms with E-state index in [1.807, 2.05) is 0 Å². The number of hydrogen-bond donors (Lipinski definition) is 1. The quantitative estimate of drug-likeness (QED) is 0.700. The van der Waals surface area contributed by atoms with Crippen molar-refractivity contribution in [2.24, 2.45) is 11.7 Å². The Kier molecular flexibility index (Phi) is 6.50. The summed E-state index contributed by atoms with van der Waals surface area (Å²) in [4.78, 5) is 0. The minimum Gasteiger partial charge on any atom is -0.374 e. The summed E-state index contributed by atoms with van der Waals surface area (Å²) >= 11 is 0. The lowest BCUT2D eigenvalue weighted by Gasteiger charge is -2.37. The summed E-state index contributed by atoms with van der Waals surface area (Å²) in [6.45, 7) is 7.26. The molecule has 0 bridgehead atoms. The van der Waals surface area contributed by atoms with Crippen molar-refractivity contribution < 1.29 is 4.74 Å². The van der Waals surface area contributed by atoms with Crippen LogP contribution >= 0.6 is 0 Å². The summed E-state index contributed by atoms with van der Waals surface area (Å²) in [5.41, 5.74) is 6.34. The minimum atomic E-state index is -0.0760. The van der Waals surface area contributed by atoms with Gasteiger partial charge in [0.2, 0.25) is 0 Å². The molecule has 0 heterocycles. The van der Waals surface area contributed by atoms with E-state index in [0.29, 0.717) is 0 Å². The van der Waals surface area contributed by atoms with Crippen molar-refractivity contribution in [2.45, 2.75) is 83.8 Å². The third kappa shape index (κ3) is 3.96. The Hall–Kier alpha value is -0.0800. The number of hydrogen-bond acceptors (Lipinski definition) is 2. The van der Waals surface area contributed by atoms with Crippen LogP contribution in [0.4, 0.5) is 0 Å². The van der Waals surface area contributed by atoms with Crippen LogP contribution in [0.15, 0.2) is 0 Å². The zero-order valence-electron chi connectivity index (χ0n) is 12.0. The Morgan fingerprint density at radius 1 is 1.18 bits per heavy atom. The van der Waals surface area contributed by atoms with E-state index < -0.39 is 0 Å². The average molecular weight is 241 g/mol. The molecule has 2 heteroatoms. The lowest BCUT2D eigenvalue weighted by molar-refractivity contribution is -0.0659. The van der Waals surface area contributed by atoms with Crippen LogP contribution in [0.2, 0.25) is 0 Å². The van der Waals surface area contributed by atoms with Crippen LogP contribution in [0, 0.1) is 5.92 Å². The molecule has 0 aromatic heterocycles. The standard InChI is InChI=1S/C15H31NO/c1-4-15(5-2,17-6-3)14(16)12-11-13-9-7-8-10-13/h13-14H,4-12,16H2,1-3H3. The molecule has 0 spiro atoms. The van der Waals surface area contributed by atoms with Crippen molar-refractivity contribution in [1.29, 1.82) is 0 Å². The molecule has 0 amide bonds. The lowest BCUT2D eigenvalue weighted by Crippen LogP contribution is -2.49. The molecule has 1 rings (SSSR count). The summed E-state index contributed by atoms with van der Waals surface area (Å²) < 4.78 is 5.98. The van der Waals surface area contributed by atoms with Gasteiger partial charge in [-0.1, -0.05) is 39.5 Å². The molecule has 1 saturated carbocycles. The number of nitrogens with two attached hydrogens (primary N) is 1. The molecule has 1 atom stereocenters. The lowest BCUT2D eigenvalue weighted by atomic mass is 9.84. The zero-order chi connectivity index (χ0) is 12.7. The summed E-state index contributed by atoms with van der Waals surface area (Å²) in [6, 6.07) is 0.207. The first-order chi connectivity index (χ1) is 8.18. The highest BCUT2D eigenvalue weighted by Gasteiger charge is 2.34. The van der Waals surface area contributed by atoms with E-state index in [2.05, 4.69) is 20.8 Å². The SMILES string of the molecule is CCOC(CC)(CC)C(N)CCC1CCCC1. The van der Waals surface area contributed by atoms with E-state index in [0.717, 1.165) is 31.8 Å². The maximum atomic E-state index is 6.41. The van der Waals surface area contributed by atoms with E-state index >= 15 is 0 Å². The van der Waals surface area contributed by atoms with Crippen molar-refractivity contribution in [3.05, 3.63) is 0 Å². The molecule has 2 N–H and O–H groups in total. The largest absolute Gasteiger partial charge is 0.374 e. The van der Waals surface area contributed by atoms with Gasteiger partial charge in [-0.3, -0.25) is 0 Å². The van der Waals surface area contributed by atoms with Gasteiger partial charge in [-0.05, 0) is 38.5 Å². The fraction of sp³-hybridized carbons (Fsp3) is 1.00. The van der Waals surface area contributed by atoms with Gasteiger partial charge in [-0.2, -0.15) is 0 Å². The summed E-state index contributed by atoms with van der Waals surface area (Å²) in [5.74, 6) is 0.939. The van der Waals surface area contributed by atoms with Crippen LogP contribution in [0.1, 0.15) is 72.1 Å². The van der Waals surface area contributed by atoms with Gasteiger partial charge in [0.1, 0.15) is 0 Å². The van der Waals surface area contributed by atoms with Crippen LogP contribution in [0.3, 0.4) is 0 Å². The molecule has 17 heavy (non-hydrogen) atoms. The van der Waals surface area contributed by atoms with Gasteiger partial charge in [-0.15, -0.1) is 0 Å². The van der Waals surface area contributed by atoms with Crippen molar-refractivity contribution in [2.75, 3.05) is 6.61 Å². The fourth-order valence-corrected chi connectivity index (χ4v) is 3.35. The zero-order valence-corrected chi connectivity index (χ0v) is 12.0. The monoisotopic (exact) mass is 241 g/mol. The molecule has 0 aliphatic heterocycles. The van der Waals surface area contributed by atoms with Gasteiger partial charge in [0.05, 0.1) is 5.60 Å². The van der Waals surface area contributed by atoms with Gasteiger partial charge < -0.3 is 10.5 Å². The van der Waals surface area contributed by atoms with Gasteiger partial charge in [0.25, 0.3) is 0 Å². The second kappa shape index (κ2) is 7.38. The minimum absolute atomic E-state index is 0.0760. The predicted molar refractivity (Wildman–Crippen MR) is 74.1 cm³/mol. The maximum absolute atomic E-state index is 6.41. The smallest absolute Gasteiger partial charge is 0.0827 e. The molecular weight excluding hydrogens is 210 g/mol. The normalized spacial score (nSPS) is 19.8. The molecule has 0 radical (unpaired) electrons. The second-order valence-corrected chi connectivity index (χ2v) is 5.54. The highest BCUT2D eigenvalue weighted by atomic mass is 16.5. The molecule has 0 aromatic carbocycles. The topological polar surface area (TPSA) is 35.2 Å². The van der Waals surface area contributed by atoms with Crippen molar-refractivity contribution in [3.63, 3.8) is 0 Å². The summed E-state index contributed by atoms with van der Waals surface area (Å²) in [6.07, 6.45) is 10.2. The molecule has 1 aliphatic carbocycles. The second-order valence-electron chi connectivity index (χ2n) is 5.54. The van der Waals surface area contributed by atoms with Crippen molar-refractivity contribution in [1.82, 2.24) is 0 Å². The molecule has 1 fully saturated rings. The van der Waals surface area contributed by atoms with Crippen LogP contribution in [-0.4, -0.2) is 18.2 Å². The highest BCUT2D eigenvalue weighted by molar-refractivity contribution is 4.90. The first-order valence-corrected chi connectivity index (χ1v) is 7.58.